The van der Waals surface area contributed by atoms with E-state index in [1.807, 2.05) is 70.2 Å². The molecular formula is C22H23NO3S. The molecule has 1 heterocycles. The van der Waals surface area contributed by atoms with Crippen molar-refractivity contribution in [1.82, 2.24) is 0 Å². The lowest BCUT2D eigenvalue weighted by atomic mass is 10.1. The third-order valence-electron chi connectivity index (χ3n) is 4.10. The molecule has 140 valence electrons. The van der Waals surface area contributed by atoms with Gasteiger partial charge in [0, 0.05) is 0 Å². The second-order valence-electron chi connectivity index (χ2n) is 6.61. The molecule has 2 aromatic rings. The number of anilines is 1. The van der Waals surface area contributed by atoms with Gasteiger partial charge in [0.1, 0.15) is 5.75 Å². The molecule has 0 spiro atoms. The van der Waals surface area contributed by atoms with Crippen LogP contribution in [0, 0.1) is 6.92 Å². The van der Waals surface area contributed by atoms with Crippen molar-refractivity contribution < 1.29 is 14.3 Å². The Morgan fingerprint density at radius 2 is 1.74 bits per heavy atom. The first-order valence-electron chi connectivity index (χ1n) is 9.02. The number of carbonyl (C=O) groups excluding carboxylic acids is 2. The molecule has 0 radical (unpaired) electrons. The van der Waals surface area contributed by atoms with Gasteiger partial charge in [-0.2, -0.15) is 0 Å². The quantitative estimate of drug-likeness (QED) is 0.673. The van der Waals surface area contributed by atoms with E-state index >= 15 is 0 Å². The molecule has 0 aromatic heterocycles. The highest BCUT2D eigenvalue weighted by molar-refractivity contribution is 8.04. The van der Waals surface area contributed by atoms with E-state index in [4.69, 9.17) is 4.74 Å². The van der Waals surface area contributed by atoms with Gasteiger partial charge in [0.2, 0.25) is 0 Å². The number of nitrogens with zero attached hydrogens (tertiary/aromatic N) is 1. The van der Waals surface area contributed by atoms with Crippen LogP contribution in [-0.2, 0) is 9.59 Å². The fourth-order valence-corrected chi connectivity index (χ4v) is 3.87. The molecule has 0 atom stereocenters. The van der Waals surface area contributed by atoms with Crippen molar-refractivity contribution in [3.05, 3.63) is 64.6 Å². The zero-order valence-corrected chi connectivity index (χ0v) is 16.8. The molecular weight excluding hydrogens is 358 g/mol. The van der Waals surface area contributed by atoms with Gasteiger partial charge in [-0.3, -0.25) is 9.59 Å². The topological polar surface area (TPSA) is 46.6 Å². The van der Waals surface area contributed by atoms with Gasteiger partial charge in [0.05, 0.1) is 22.3 Å². The smallest absolute Gasteiger partial charge is 0.272 e. The van der Waals surface area contributed by atoms with Crippen LogP contribution in [0.4, 0.5) is 5.69 Å². The van der Waals surface area contributed by atoms with Crippen LogP contribution >= 0.6 is 11.8 Å². The van der Waals surface area contributed by atoms with Crippen LogP contribution in [0.3, 0.4) is 0 Å². The van der Waals surface area contributed by atoms with E-state index in [2.05, 4.69) is 0 Å². The summed E-state index contributed by atoms with van der Waals surface area (Å²) in [7, 11) is 0. The third kappa shape index (κ3) is 3.93. The Balaban J connectivity index is 2.01. The third-order valence-corrected chi connectivity index (χ3v) is 5.06. The number of hydrogen-bond donors (Lipinski definition) is 0. The number of ether oxygens (including phenoxy) is 1. The minimum Gasteiger partial charge on any atom is -0.491 e. The molecule has 0 bridgehead atoms. The lowest BCUT2D eigenvalue weighted by Crippen LogP contribution is -2.31. The van der Waals surface area contributed by atoms with Gasteiger partial charge in [0.25, 0.3) is 11.8 Å². The summed E-state index contributed by atoms with van der Waals surface area (Å²) in [6.45, 7) is 7.84. The number of imide groups is 1. The van der Waals surface area contributed by atoms with E-state index in [9.17, 15) is 9.59 Å². The highest BCUT2D eigenvalue weighted by Gasteiger charge is 2.39. The van der Waals surface area contributed by atoms with E-state index in [1.165, 1.54) is 16.7 Å². The zero-order chi connectivity index (χ0) is 19.6. The summed E-state index contributed by atoms with van der Waals surface area (Å²) < 4.78 is 5.67. The number of hydrogen-bond acceptors (Lipinski definition) is 4. The number of aryl methyl sites for hydroxylation is 1. The van der Waals surface area contributed by atoms with E-state index in [1.54, 1.807) is 6.07 Å². The first kappa shape index (κ1) is 19.2. The Labute approximate surface area is 164 Å². The number of carbonyl (C=O) groups is 2. The van der Waals surface area contributed by atoms with Gasteiger partial charge >= 0.3 is 0 Å². The maximum atomic E-state index is 13.2. The maximum Gasteiger partial charge on any atom is 0.272 e. The first-order valence-corrected chi connectivity index (χ1v) is 10.0. The Bertz CT molecular complexity index is 900. The van der Waals surface area contributed by atoms with Crippen LogP contribution < -0.4 is 9.64 Å². The van der Waals surface area contributed by atoms with Crippen LogP contribution in [0.5, 0.6) is 5.75 Å². The standard InChI is InChI=1S/C22H23NO3S/c1-5-27-20-19(16-9-11-18(12-10-16)26-14(2)3)21(24)23(22(20)25)17-8-6-7-15(4)13-17/h6-14H,5H2,1-4H3. The van der Waals surface area contributed by atoms with Gasteiger partial charge < -0.3 is 4.74 Å². The Morgan fingerprint density at radius 1 is 1.04 bits per heavy atom. The van der Waals surface area contributed by atoms with Crippen molar-refractivity contribution >= 4 is 34.8 Å². The molecule has 0 saturated heterocycles. The van der Waals surface area contributed by atoms with Crippen LogP contribution in [0.2, 0.25) is 0 Å². The lowest BCUT2D eigenvalue weighted by Gasteiger charge is -2.16. The fraction of sp³-hybridized carbons (Fsp3) is 0.273. The summed E-state index contributed by atoms with van der Waals surface area (Å²) in [4.78, 5) is 28.0. The van der Waals surface area contributed by atoms with Crippen molar-refractivity contribution in [3.63, 3.8) is 0 Å². The molecule has 1 aliphatic heterocycles. The predicted octanol–water partition coefficient (Wildman–Crippen LogP) is 4.82. The molecule has 1 aliphatic rings. The predicted molar refractivity (Wildman–Crippen MR) is 111 cm³/mol. The number of amides is 2. The van der Waals surface area contributed by atoms with E-state index in [0.29, 0.717) is 21.9 Å². The van der Waals surface area contributed by atoms with Gasteiger partial charge in [0.15, 0.2) is 0 Å². The van der Waals surface area contributed by atoms with Crippen LogP contribution in [0.25, 0.3) is 5.57 Å². The van der Waals surface area contributed by atoms with Crippen molar-refractivity contribution in [1.29, 1.82) is 0 Å². The van der Waals surface area contributed by atoms with Crippen molar-refractivity contribution in [2.75, 3.05) is 10.7 Å². The van der Waals surface area contributed by atoms with Gasteiger partial charge in [-0.1, -0.05) is 31.2 Å². The minimum absolute atomic E-state index is 0.0766. The molecule has 0 N–H and O–H groups in total. The van der Waals surface area contributed by atoms with Gasteiger partial charge in [-0.05, 0) is 61.9 Å². The van der Waals surface area contributed by atoms with E-state index < -0.39 is 0 Å². The second kappa shape index (κ2) is 8.01. The molecule has 2 amide bonds. The Morgan fingerprint density at radius 3 is 2.33 bits per heavy atom. The number of thioether (sulfide) groups is 1. The SMILES string of the molecule is CCSC1=C(c2ccc(OC(C)C)cc2)C(=O)N(c2cccc(C)c2)C1=O. The molecule has 3 rings (SSSR count). The fourth-order valence-electron chi connectivity index (χ4n) is 3.02. The Hall–Kier alpha value is -2.53. The van der Waals surface area contributed by atoms with Crippen molar-refractivity contribution in [2.45, 2.75) is 33.8 Å². The summed E-state index contributed by atoms with van der Waals surface area (Å²) >= 11 is 1.41. The van der Waals surface area contributed by atoms with Crippen LogP contribution in [0.1, 0.15) is 31.9 Å². The van der Waals surface area contributed by atoms with Gasteiger partial charge in [-0.25, -0.2) is 4.90 Å². The van der Waals surface area contributed by atoms with Gasteiger partial charge in [-0.15, -0.1) is 11.8 Å². The normalized spacial score (nSPS) is 14.5. The summed E-state index contributed by atoms with van der Waals surface area (Å²) in [5.41, 5.74) is 2.80. The van der Waals surface area contributed by atoms with Crippen LogP contribution in [0.15, 0.2) is 53.4 Å². The molecule has 0 saturated carbocycles. The van der Waals surface area contributed by atoms with Crippen LogP contribution in [-0.4, -0.2) is 23.7 Å². The molecule has 0 fully saturated rings. The highest BCUT2D eigenvalue weighted by atomic mass is 32.2. The van der Waals surface area contributed by atoms with E-state index in [0.717, 1.165) is 16.9 Å². The molecule has 4 nitrogen and oxygen atoms in total. The Kier molecular flexibility index (Phi) is 5.71. The highest BCUT2D eigenvalue weighted by Crippen LogP contribution is 2.38. The van der Waals surface area contributed by atoms with Crippen molar-refractivity contribution in [3.8, 4) is 5.75 Å². The molecule has 0 aliphatic carbocycles. The van der Waals surface area contributed by atoms with Crippen molar-refractivity contribution in [2.24, 2.45) is 0 Å². The molecule has 27 heavy (non-hydrogen) atoms. The molecule has 2 aromatic carbocycles. The maximum absolute atomic E-state index is 13.2. The minimum atomic E-state index is -0.279. The zero-order valence-electron chi connectivity index (χ0n) is 16.0. The summed E-state index contributed by atoms with van der Waals surface area (Å²) in [6.07, 6.45) is 0.0766. The molecule has 0 unspecified atom stereocenters. The largest absolute Gasteiger partial charge is 0.491 e. The first-order chi connectivity index (χ1) is 12.9. The summed E-state index contributed by atoms with van der Waals surface area (Å²) in [5.74, 6) is 0.925. The number of rotatable bonds is 6. The average Bonchev–Trinajstić information content (AvgIpc) is 2.86. The monoisotopic (exact) mass is 381 g/mol. The lowest BCUT2D eigenvalue weighted by molar-refractivity contribution is -0.119. The number of benzene rings is 2. The second-order valence-corrected chi connectivity index (χ2v) is 7.89. The molecule has 5 heteroatoms. The summed E-state index contributed by atoms with van der Waals surface area (Å²) in [5, 5.41) is 0. The summed E-state index contributed by atoms with van der Waals surface area (Å²) in [6, 6.07) is 14.8. The van der Waals surface area contributed by atoms with E-state index in [-0.39, 0.29) is 17.9 Å². The average molecular weight is 381 g/mol.